The average Bonchev–Trinajstić information content (AvgIpc) is 0.808. The van der Waals surface area contributed by atoms with E-state index in [0.29, 0.717) is 173 Å². The third-order valence-corrected chi connectivity index (χ3v) is 32.1. The quantitative estimate of drug-likeness (QED) is 0.0237. The molecule has 0 aromatic heterocycles. The van der Waals surface area contributed by atoms with E-state index in [1.807, 2.05) is 0 Å². The Balaban J connectivity index is 0.827. The molecule has 0 aliphatic heterocycles. The first kappa shape index (κ1) is 117. The van der Waals surface area contributed by atoms with Gasteiger partial charge in [0.1, 0.15) is 24.4 Å². The molecule has 12 atom stereocenters. The zero-order valence-corrected chi connectivity index (χ0v) is 86.9. The van der Waals surface area contributed by atoms with Crippen molar-refractivity contribution in [1.82, 2.24) is 0 Å². The normalized spacial score (nSPS) is 29.0. The number of hydrogen-bond acceptors (Lipinski definition) is 24. The van der Waals surface area contributed by atoms with Gasteiger partial charge in [-0.25, -0.2) is 19.2 Å². The summed E-state index contributed by atoms with van der Waals surface area (Å²) in [6, 6.07) is 0. The number of ether oxygens (including phenoxy) is 16. The fraction of sp³-hybridized carbons (Fsp3) is 0.861. The maximum atomic E-state index is 14.5. The summed E-state index contributed by atoms with van der Waals surface area (Å²) >= 11 is 0. The van der Waals surface area contributed by atoms with Crippen molar-refractivity contribution in [3.63, 3.8) is 0 Å². The van der Waals surface area contributed by atoms with Gasteiger partial charge >= 0.3 is 47.8 Å². The van der Waals surface area contributed by atoms with Crippen molar-refractivity contribution in [3.05, 3.63) is 50.1 Å². The number of carbonyl (C=O) groups is 8. The fourth-order valence-corrected chi connectivity index (χ4v) is 23.4. The Hall–Kier alpha value is -5.60. The van der Waals surface area contributed by atoms with E-state index in [1.54, 1.807) is 6.92 Å². The smallest absolute Gasteiger partial charge is 0.333 e. The minimum atomic E-state index is -0.390. The largest absolute Gasteiger partial charge is 0.463 e. The summed E-state index contributed by atoms with van der Waals surface area (Å²) < 4.78 is 101. The molecule has 9 aliphatic rings. The van der Waals surface area contributed by atoms with Crippen LogP contribution in [-0.4, -0.2) is 200 Å². The van der Waals surface area contributed by atoms with E-state index in [9.17, 15) is 38.4 Å². The molecule has 12 unspecified atom stereocenters. The maximum Gasteiger partial charge on any atom is 0.333 e. The summed E-state index contributed by atoms with van der Waals surface area (Å²) in [5, 5.41) is 0. The van der Waals surface area contributed by atoms with Gasteiger partial charge in [0.15, 0.2) is 0 Å². The minimum absolute atomic E-state index is 0.0491. The lowest BCUT2D eigenvalue weighted by Crippen LogP contribution is -2.45. The maximum absolute atomic E-state index is 14.5. The van der Waals surface area contributed by atoms with E-state index in [4.69, 9.17) is 75.8 Å². The van der Waals surface area contributed by atoms with Crippen LogP contribution in [0.4, 0.5) is 0 Å². The number of carbonyl (C=O) groups excluding carboxylic acids is 8. The van der Waals surface area contributed by atoms with Crippen LogP contribution in [0.3, 0.4) is 0 Å². The van der Waals surface area contributed by atoms with Gasteiger partial charge in [0.2, 0.25) is 0 Å². The van der Waals surface area contributed by atoms with Crippen molar-refractivity contribution in [2.45, 2.75) is 492 Å². The van der Waals surface area contributed by atoms with Gasteiger partial charge in [-0.05, 0) is 326 Å². The van der Waals surface area contributed by atoms with E-state index in [0.717, 1.165) is 270 Å². The molecule has 24 heteroatoms. The van der Waals surface area contributed by atoms with Crippen molar-refractivity contribution < 1.29 is 114 Å². The molecule has 0 aromatic carbocycles. The predicted octanol–water partition coefficient (Wildman–Crippen LogP) is 24.5. The molecule has 9 fully saturated rings. The molecule has 0 radical (unpaired) electrons. The highest BCUT2D eigenvalue weighted by molar-refractivity contribution is 5.87. The van der Waals surface area contributed by atoms with Gasteiger partial charge in [0, 0.05) is 75.3 Å². The predicted molar refractivity (Wildman–Crippen MR) is 539 cm³/mol. The second-order valence-corrected chi connectivity index (χ2v) is 42.9. The lowest BCUT2D eigenvalue weighted by Gasteiger charge is -2.45. The Kier molecular flexibility index (Phi) is 59.1. The fourth-order valence-electron chi connectivity index (χ4n) is 23.4. The summed E-state index contributed by atoms with van der Waals surface area (Å²) in [5.41, 5.74) is 0.412. The molecule has 0 heterocycles. The molecule has 0 saturated heterocycles. The number of esters is 8. The highest BCUT2D eigenvalue weighted by Crippen LogP contribution is 2.48. The van der Waals surface area contributed by atoms with Crippen LogP contribution in [0.25, 0.3) is 0 Å². The summed E-state index contributed by atoms with van der Waals surface area (Å²) in [6.07, 6.45) is 60.1. The Morgan fingerprint density at radius 3 is 0.770 bits per heavy atom. The van der Waals surface area contributed by atoms with Gasteiger partial charge in [-0.2, -0.15) is 0 Å². The van der Waals surface area contributed by atoms with E-state index >= 15 is 0 Å². The SMILES string of the molecule is C=CC(=O)OCCCCCCOC1CCC(C(=O)OC2CCC(OC(=O)C3CCC(OCCCCCCOC(=O)C=C)CC3)C(COC3CC(C4CCC(C5CCC(OCCCCCCCCC)C(OCC6CC(OC(=O)C7CCC(OCCCCCCOC(=O)C=C)CC7)CCC6OC(=O)C6CCC(OCCCCCCOC(=O)C(=C)C)CC6)C5)CC4)CCC3OCCCCCCCCC)C2)CC1. The molecular formula is C115H190O24. The Bertz CT molecular complexity index is 3360. The van der Waals surface area contributed by atoms with Gasteiger partial charge in [-0.15, -0.1) is 0 Å². The summed E-state index contributed by atoms with van der Waals surface area (Å²) in [6.45, 7) is 26.7. The summed E-state index contributed by atoms with van der Waals surface area (Å²) in [7, 11) is 0. The van der Waals surface area contributed by atoms with Gasteiger partial charge in [0.25, 0.3) is 0 Å². The Morgan fingerprint density at radius 1 is 0.237 bits per heavy atom. The number of rotatable bonds is 70. The van der Waals surface area contributed by atoms with Gasteiger partial charge in [-0.1, -0.05) is 143 Å². The van der Waals surface area contributed by atoms with E-state index in [2.05, 4.69) is 40.2 Å². The van der Waals surface area contributed by atoms with E-state index in [-0.39, 0.29) is 151 Å². The van der Waals surface area contributed by atoms with Crippen molar-refractivity contribution >= 4 is 47.8 Å². The van der Waals surface area contributed by atoms with Gasteiger partial charge in [-0.3, -0.25) is 19.2 Å². The van der Waals surface area contributed by atoms with Crippen molar-refractivity contribution in [2.75, 3.05) is 79.3 Å². The van der Waals surface area contributed by atoms with Crippen LogP contribution in [-0.2, 0) is 114 Å². The molecule has 9 rings (SSSR count). The zero-order chi connectivity index (χ0) is 98.7. The van der Waals surface area contributed by atoms with Crippen LogP contribution >= 0.6 is 0 Å². The van der Waals surface area contributed by atoms with Crippen LogP contribution in [0.15, 0.2) is 50.1 Å². The second kappa shape index (κ2) is 70.2. The lowest BCUT2D eigenvalue weighted by atomic mass is 9.65. The van der Waals surface area contributed by atoms with Crippen LogP contribution in [0.1, 0.15) is 419 Å². The number of unbranched alkanes of at least 4 members (excludes halogenated alkanes) is 24. The van der Waals surface area contributed by atoms with Gasteiger partial charge in [0.05, 0.1) is 112 Å². The molecule has 24 nitrogen and oxygen atoms in total. The van der Waals surface area contributed by atoms with Crippen LogP contribution < -0.4 is 0 Å². The Labute approximate surface area is 838 Å². The molecule has 9 saturated carbocycles. The molecule has 0 spiro atoms. The van der Waals surface area contributed by atoms with E-state index in [1.165, 1.54) is 82.4 Å². The topological polar surface area (TPSA) is 284 Å². The second-order valence-electron chi connectivity index (χ2n) is 42.9. The molecule has 139 heavy (non-hydrogen) atoms. The van der Waals surface area contributed by atoms with Crippen LogP contribution in [0.5, 0.6) is 0 Å². The monoisotopic (exact) mass is 1960 g/mol. The molecule has 0 N–H and O–H groups in total. The van der Waals surface area contributed by atoms with Crippen LogP contribution in [0.2, 0.25) is 0 Å². The standard InChI is InChI=1S/C115H190O24/c1-8-13-15-17-19-21-35-73-128-104-65-53-92(81-106(104)134-83-94-79-100(136-112(120)88-45-55-96(56-46-88)124-69-31-23-27-37-75-130-108(116)10-3)63-67-102(94)138-114(122)90-49-59-98(60-50-90)126-71-33-25-29-39-77-132-110(118)12-5)86-41-43-87(44-42-86)93-54-66-105(129-74-36-22-20-18-16-14-9-2)107(82-93)135-84-95-80-101(137-113(121)89-47-57-97(58-48-89)125-70-32-24-28-38-76-131-109(117)11-4)64-68-103(95)139-115(123)91-51-61-99(62-52-91)127-72-34-26-30-40-78-133-111(119)85(6)7/h10-12,86-107H,3-6,8-9,13-84H2,1-2,7H3. The highest BCUT2D eigenvalue weighted by atomic mass is 16.6. The molecule has 0 bridgehead atoms. The first-order valence-electron chi connectivity index (χ1n) is 56.8. The third kappa shape index (κ3) is 46.3. The first-order valence-corrected chi connectivity index (χ1v) is 56.8. The highest BCUT2D eigenvalue weighted by Gasteiger charge is 2.46. The molecular weight excluding hydrogens is 1770 g/mol. The average molecular weight is 1960 g/mol. The Morgan fingerprint density at radius 2 is 0.482 bits per heavy atom. The first-order chi connectivity index (χ1) is 67.9. The van der Waals surface area contributed by atoms with E-state index < -0.39 is 5.97 Å². The zero-order valence-electron chi connectivity index (χ0n) is 86.9. The summed E-state index contributed by atoms with van der Waals surface area (Å²) in [4.78, 5) is 104. The number of hydrogen-bond donors (Lipinski definition) is 0. The minimum Gasteiger partial charge on any atom is -0.463 e. The van der Waals surface area contributed by atoms with Crippen LogP contribution in [0, 0.1) is 59.2 Å². The van der Waals surface area contributed by atoms with Crippen molar-refractivity contribution in [1.29, 1.82) is 0 Å². The summed E-state index contributed by atoms with van der Waals surface area (Å²) in [5.74, 6) is -1.15. The van der Waals surface area contributed by atoms with Gasteiger partial charge < -0.3 is 75.8 Å². The molecule has 794 valence electrons. The molecule has 9 aliphatic carbocycles. The molecule has 0 aromatic rings. The molecule has 0 amide bonds. The van der Waals surface area contributed by atoms with Crippen molar-refractivity contribution in [3.8, 4) is 0 Å². The lowest BCUT2D eigenvalue weighted by molar-refractivity contribution is -0.176. The van der Waals surface area contributed by atoms with Crippen molar-refractivity contribution in [2.24, 2.45) is 59.2 Å². The third-order valence-electron chi connectivity index (χ3n) is 32.1.